The molecule has 0 spiro atoms. The summed E-state index contributed by atoms with van der Waals surface area (Å²) in [5.74, 6) is -0.141. The minimum Gasteiger partial charge on any atom is -0.359 e. The lowest BCUT2D eigenvalue weighted by molar-refractivity contribution is -0.128. The van der Waals surface area contributed by atoms with Crippen molar-refractivity contribution in [2.24, 2.45) is 5.41 Å². The Bertz CT molecular complexity index is 680. The SMILES string of the molecule is CNC(=O)C1(C)CCN(S(=O)(=O)c2ccc(Cl)c(Br)c2)C1. The first-order valence-corrected chi connectivity index (χ1v) is 8.99. The summed E-state index contributed by atoms with van der Waals surface area (Å²) in [5.41, 5.74) is -0.689. The van der Waals surface area contributed by atoms with E-state index >= 15 is 0 Å². The first-order chi connectivity index (χ1) is 9.70. The third kappa shape index (κ3) is 3.11. The number of benzene rings is 1. The Morgan fingerprint density at radius 3 is 2.71 bits per heavy atom. The van der Waals surface area contributed by atoms with Crippen molar-refractivity contribution in [1.29, 1.82) is 0 Å². The molecule has 1 heterocycles. The molecule has 0 bridgehead atoms. The lowest BCUT2D eigenvalue weighted by atomic mass is 9.89. The summed E-state index contributed by atoms with van der Waals surface area (Å²) in [5, 5.41) is 3.04. The molecule has 116 valence electrons. The average molecular weight is 396 g/mol. The van der Waals surface area contributed by atoms with Gasteiger partial charge in [0.1, 0.15) is 0 Å². The van der Waals surface area contributed by atoms with E-state index in [4.69, 9.17) is 11.6 Å². The number of nitrogens with one attached hydrogen (secondary N) is 1. The van der Waals surface area contributed by atoms with Crippen LogP contribution >= 0.6 is 27.5 Å². The van der Waals surface area contributed by atoms with E-state index in [0.29, 0.717) is 22.5 Å². The summed E-state index contributed by atoms with van der Waals surface area (Å²) >= 11 is 9.11. The fourth-order valence-electron chi connectivity index (χ4n) is 2.40. The summed E-state index contributed by atoms with van der Waals surface area (Å²) < 4.78 is 27.1. The van der Waals surface area contributed by atoms with Crippen LogP contribution in [0.2, 0.25) is 5.02 Å². The Morgan fingerprint density at radius 2 is 2.14 bits per heavy atom. The Labute approximate surface area is 137 Å². The topological polar surface area (TPSA) is 66.5 Å². The zero-order chi connectivity index (χ0) is 15.8. The highest BCUT2D eigenvalue weighted by atomic mass is 79.9. The van der Waals surface area contributed by atoms with Crippen LogP contribution in [0.1, 0.15) is 13.3 Å². The minimum atomic E-state index is -3.63. The molecule has 21 heavy (non-hydrogen) atoms. The average Bonchev–Trinajstić information content (AvgIpc) is 2.85. The van der Waals surface area contributed by atoms with E-state index in [1.54, 1.807) is 14.0 Å². The molecule has 0 aliphatic carbocycles. The third-order valence-corrected chi connectivity index (χ3v) is 6.80. The fraction of sp³-hybridized carbons (Fsp3) is 0.462. The molecule has 1 aromatic rings. The maximum atomic E-state index is 12.6. The monoisotopic (exact) mass is 394 g/mol. The van der Waals surface area contributed by atoms with Crippen LogP contribution in [0.25, 0.3) is 0 Å². The minimum absolute atomic E-state index is 0.141. The molecule has 5 nitrogen and oxygen atoms in total. The van der Waals surface area contributed by atoms with Crippen molar-refractivity contribution in [3.05, 3.63) is 27.7 Å². The van der Waals surface area contributed by atoms with Gasteiger partial charge in [-0.25, -0.2) is 8.42 Å². The van der Waals surface area contributed by atoms with Gasteiger partial charge >= 0.3 is 0 Å². The van der Waals surface area contributed by atoms with Crippen molar-refractivity contribution in [2.75, 3.05) is 20.1 Å². The highest BCUT2D eigenvalue weighted by Crippen LogP contribution is 2.35. The predicted octanol–water partition coefficient (Wildman–Crippen LogP) is 2.25. The van der Waals surface area contributed by atoms with Gasteiger partial charge in [0.05, 0.1) is 15.3 Å². The molecule has 1 N–H and O–H groups in total. The van der Waals surface area contributed by atoms with Gasteiger partial charge in [0.2, 0.25) is 15.9 Å². The van der Waals surface area contributed by atoms with E-state index < -0.39 is 15.4 Å². The second-order valence-corrected chi connectivity index (χ2v) is 8.50. The molecular weight excluding hydrogens is 380 g/mol. The molecule has 1 aliphatic heterocycles. The van der Waals surface area contributed by atoms with Gasteiger partial charge in [-0.15, -0.1) is 0 Å². The Morgan fingerprint density at radius 1 is 1.48 bits per heavy atom. The van der Waals surface area contributed by atoms with E-state index in [1.165, 1.54) is 22.5 Å². The standard InChI is InChI=1S/C13H16BrClN2O3S/c1-13(12(18)16-2)5-6-17(8-13)21(19,20)9-3-4-11(15)10(14)7-9/h3-4,7H,5-6,8H2,1-2H3,(H,16,18). The van der Waals surface area contributed by atoms with Gasteiger partial charge in [0, 0.05) is 24.6 Å². The molecule has 1 aromatic carbocycles. The molecule has 0 saturated carbocycles. The van der Waals surface area contributed by atoms with Crippen LogP contribution in [0.4, 0.5) is 0 Å². The number of nitrogens with zero attached hydrogens (tertiary/aromatic N) is 1. The number of hydrogen-bond acceptors (Lipinski definition) is 3. The van der Waals surface area contributed by atoms with Crippen LogP contribution in [0, 0.1) is 5.41 Å². The van der Waals surface area contributed by atoms with E-state index in [-0.39, 0.29) is 17.3 Å². The first kappa shape index (κ1) is 16.7. The summed E-state index contributed by atoms with van der Waals surface area (Å²) in [4.78, 5) is 12.1. The zero-order valence-corrected chi connectivity index (χ0v) is 14.8. The normalized spacial score (nSPS) is 23.2. The van der Waals surface area contributed by atoms with Crippen molar-refractivity contribution in [1.82, 2.24) is 9.62 Å². The number of sulfonamides is 1. The molecule has 1 atom stereocenters. The number of amides is 1. The summed E-state index contributed by atoms with van der Waals surface area (Å²) in [6, 6.07) is 4.48. The largest absolute Gasteiger partial charge is 0.359 e. The molecule has 0 radical (unpaired) electrons. The van der Waals surface area contributed by atoms with Crippen LogP contribution in [-0.2, 0) is 14.8 Å². The molecule has 1 unspecified atom stereocenters. The maximum absolute atomic E-state index is 12.6. The van der Waals surface area contributed by atoms with E-state index in [9.17, 15) is 13.2 Å². The highest BCUT2D eigenvalue weighted by molar-refractivity contribution is 9.10. The van der Waals surface area contributed by atoms with Gasteiger partial charge in [-0.2, -0.15) is 4.31 Å². The van der Waals surface area contributed by atoms with Crippen molar-refractivity contribution in [3.8, 4) is 0 Å². The van der Waals surface area contributed by atoms with Crippen LogP contribution < -0.4 is 5.32 Å². The molecule has 0 aromatic heterocycles. The molecule has 1 saturated heterocycles. The molecule has 8 heteroatoms. The first-order valence-electron chi connectivity index (χ1n) is 6.38. The lowest BCUT2D eigenvalue weighted by Gasteiger charge is -2.22. The number of halogens is 2. The second kappa shape index (κ2) is 5.87. The smallest absolute Gasteiger partial charge is 0.243 e. The Kier molecular flexibility index (Phi) is 4.68. The Balaban J connectivity index is 2.30. The molecular formula is C13H16BrClN2O3S. The predicted molar refractivity (Wildman–Crippen MR) is 84.7 cm³/mol. The van der Waals surface area contributed by atoms with Gasteiger partial charge in [-0.3, -0.25) is 4.79 Å². The molecule has 2 rings (SSSR count). The van der Waals surface area contributed by atoms with Crippen molar-refractivity contribution >= 4 is 43.5 Å². The molecule has 1 amide bonds. The quantitative estimate of drug-likeness (QED) is 0.853. The fourth-order valence-corrected chi connectivity index (χ4v) is 4.64. The molecule has 1 aliphatic rings. The van der Waals surface area contributed by atoms with E-state index in [1.807, 2.05) is 0 Å². The van der Waals surface area contributed by atoms with E-state index in [2.05, 4.69) is 21.2 Å². The van der Waals surface area contributed by atoms with Crippen molar-refractivity contribution < 1.29 is 13.2 Å². The van der Waals surface area contributed by atoms with Crippen LogP contribution in [0.15, 0.2) is 27.6 Å². The number of carbonyl (C=O) groups is 1. The van der Waals surface area contributed by atoms with E-state index in [0.717, 1.165) is 0 Å². The zero-order valence-electron chi connectivity index (χ0n) is 11.7. The lowest BCUT2D eigenvalue weighted by Crippen LogP contribution is -2.40. The van der Waals surface area contributed by atoms with Gasteiger partial charge in [-0.1, -0.05) is 11.6 Å². The van der Waals surface area contributed by atoms with Crippen molar-refractivity contribution in [2.45, 2.75) is 18.2 Å². The number of rotatable bonds is 3. The highest BCUT2D eigenvalue weighted by Gasteiger charge is 2.44. The number of carbonyl (C=O) groups excluding carboxylic acids is 1. The third-order valence-electron chi connectivity index (χ3n) is 3.74. The van der Waals surface area contributed by atoms with Crippen molar-refractivity contribution in [3.63, 3.8) is 0 Å². The van der Waals surface area contributed by atoms with Gasteiger partial charge in [-0.05, 0) is 47.5 Å². The van der Waals surface area contributed by atoms with Gasteiger partial charge in [0.25, 0.3) is 0 Å². The Hall–Kier alpha value is -0.630. The summed E-state index contributed by atoms with van der Waals surface area (Å²) in [7, 11) is -2.07. The second-order valence-electron chi connectivity index (χ2n) is 5.30. The number of hydrogen-bond donors (Lipinski definition) is 1. The van der Waals surface area contributed by atoms with Gasteiger partial charge in [0.15, 0.2) is 0 Å². The molecule has 1 fully saturated rings. The van der Waals surface area contributed by atoms with Crippen LogP contribution in [0.3, 0.4) is 0 Å². The summed E-state index contributed by atoms with van der Waals surface area (Å²) in [6.45, 7) is 2.28. The van der Waals surface area contributed by atoms with Crippen LogP contribution in [0.5, 0.6) is 0 Å². The maximum Gasteiger partial charge on any atom is 0.243 e. The summed E-state index contributed by atoms with van der Waals surface area (Å²) in [6.07, 6.45) is 0.501. The van der Waals surface area contributed by atoms with Crippen LogP contribution in [-0.4, -0.2) is 38.8 Å². The van der Waals surface area contributed by atoms with Gasteiger partial charge < -0.3 is 5.32 Å².